The molecule has 1 atom stereocenters. The van der Waals surface area contributed by atoms with Gasteiger partial charge in [0.2, 0.25) is 0 Å². The summed E-state index contributed by atoms with van der Waals surface area (Å²) in [7, 11) is 0. The predicted octanol–water partition coefficient (Wildman–Crippen LogP) is 3.54. The Kier molecular flexibility index (Phi) is 4.69. The van der Waals surface area contributed by atoms with Crippen LogP contribution in [0.4, 0.5) is 0 Å². The van der Waals surface area contributed by atoms with Crippen LogP contribution in [0, 0.1) is 5.41 Å². The average molecular weight is 285 g/mol. The molecule has 0 spiro atoms. The Morgan fingerprint density at radius 2 is 1.88 bits per heavy atom. The van der Waals surface area contributed by atoms with Gasteiger partial charge in [-0.05, 0) is 21.5 Å². The van der Waals surface area contributed by atoms with Gasteiger partial charge in [0.15, 0.2) is 10.8 Å². The van der Waals surface area contributed by atoms with E-state index in [1.165, 1.54) is 0 Å². The van der Waals surface area contributed by atoms with Crippen LogP contribution in [-0.2, 0) is 16.1 Å². The van der Waals surface area contributed by atoms with Crippen molar-refractivity contribution in [2.45, 2.75) is 32.4 Å². The monoisotopic (exact) mass is 284 g/mol. The van der Waals surface area contributed by atoms with Gasteiger partial charge in [-0.25, -0.2) is 0 Å². The fourth-order valence-corrected chi connectivity index (χ4v) is 1.98. The molecule has 2 nitrogen and oxygen atoms in total. The molecule has 0 saturated heterocycles. The van der Waals surface area contributed by atoms with Crippen molar-refractivity contribution in [2.75, 3.05) is 0 Å². The second kappa shape index (κ2) is 5.60. The van der Waals surface area contributed by atoms with E-state index in [-0.39, 0.29) is 11.2 Å². The molecule has 88 valence electrons. The van der Waals surface area contributed by atoms with Gasteiger partial charge in [-0.1, -0.05) is 51.1 Å². The normalized spacial score (nSPS) is 13.5. The van der Waals surface area contributed by atoms with E-state index in [1.807, 2.05) is 51.1 Å². The molecule has 1 unspecified atom stereocenters. The number of rotatable bonds is 4. The Labute approximate surface area is 105 Å². The number of carbonyl (C=O) groups is 1. The summed E-state index contributed by atoms with van der Waals surface area (Å²) in [5, 5.41) is -0.535. The molecule has 0 saturated carbocycles. The lowest BCUT2D eigenvalue weighted by atomic mass is 9.91. The molecule has 0 aliphatic carbocycles. The van der Waals surface area contributed by atoms with Gasteiger partial charge >= 0.3 is 0 Å². The molecule has 1 aromatic carbocycles. The fourth-order valence-electron chi connectivity index (χ4n) is 1.16. The summed E-state index contributed by atoms with van der Waals surface area (Å²) < 4.78 is 5.48. The van der Waals surface area contributed by atoms with E-state index >= 15 is 0 Å². The minimum absolute atomic E-state index is 0.0587. The van der Waals surface area contributed by atoms with E-state index < -0.39 is 5.01 Å². The highest BCUT2D eigenvalue weighted by Crippen LogP contribution is 2.22. The van der Waals surface area contributed by atoms with Gasteiger partial charge in [-0.3, -0.25) is 4.79 Å². The van der Waals surface area contributed by atoms with Gasteiger partial charge in [0.1, 0.15) is 0 Å². The molecule has 0 bridgehead atoms. The fraction of sp³-hybridized carbons (Fsp3) is 0.462. The third kappa shape index (κ3) is 4.06. The van der Waals surface area contributed by atoms with Crippen LogP contribution in [0.2, 0.25) is 0 Å². The molecular weight excluding hydrogens is 268 g/mol. The highest BCUT2D eigenvalue weighted by molar-refractivity contribution is 9.09. The van der Waals surface area contributed by atoms with Crippen LogP contribution >= 0.6 is 15.9 Å². The Morgan fingerprint density at radius 3 is 2.38 bits per heavy atom. The van der Waals surface area contributed by atoms with Gasteiger partial charge < -0.3 is 4.74 Å². The van der Waals surface area contributed by atoms with Crippen molar-refractivity contribution < 1.29 is 9.53 Å². The zero-order valence-electron chi connectivity index (χ0n) is 9.87. The van der Waals surface area contributed by atoms with Gasteiger partial charge in [-0.2, -0.15) is 0 Å². The topological polar surface area (TPSA) is 26.3 Å². The lowest BCUT2D eigenvalue weighted by Gasteiger charge is -2.20. The van der Waals surface area contributed by atoms with E-state index in [9.17, 15) is 4.79 Å². The van der Waals surface area contributed by atoms with Crippen LogP contribution in [0.3, 0.4) is 0 Å². The third-order valence-electron chi connectivity index (χ3n) is 2.18. The minimum atomic E-state index is -0.535. The molecule has 0 radical (unpaired) electrons. The second-order valence-electron chi connectivity index (χ2n) is 4.73. The molecule has 0 aliphatic heterocycles. The standard InChI is InChI=1S/C13H17BrO2/c1-13(2,3)11(15)12(14)16-9-10-7-5-4-6-8-10/h4-8,12H,9H2,1-3H3. The quantitative estimate of drug-likeness (QED) is 0.791. The van der Waals surface area contributed by atoms with Crippen LogP contribution in [-0.4, -0.2) is 10.8 Å². The first-order valence-corrected chi connectivity index (χ1v) is 6.17. The van der Waals surface area contributed by atoms with Crippen molar-refractivity contribution in [3.8, 4) is 0 Å². The first kappa shape index (κ1) is 13.4. The van der Waals surface area contributed by atoms with Gasteiger partial charge in [0, 0.05) is 5.41 Å². The number of Topliss-reactive ketones (excluding diaryl/α,β-unsaturated/α-hetero) is 1. The summed E-state index contributed by atoms with van der Waals surface area (Å²) in [5.74, 6) is 0.0587. The summed E-state index contributed by atoms with van der Waals surface area (Å²) >= 11 is 3.26. The minimum Gasteiger partial charge on any atom is -0.354 e. The van der Waals surface area contributed by atoms with Gasteiger partial charge in [0.25, 0.3) is 0 Å². The molecule has 0 amide bonds. The lowest BCUT2D eigenvalue weighted by molar-refractivity contribution is -0.133. The Balaban J connectivity index is 2.48. The average Bonchev–Trinajstić information content (AvgIpc) is 2.25. The molecule has 0 aliphatic rings. The number of ether oxygens (including phenoxy) is 1. The number of ketones is 1. The summed E-state index contributed by atoms with van der Waals surface area (Å²) in [6, 6.07) is 9.80. The van der Waals surface area contributed by atoms with Gasteiger partial charge in [-0.15, -0.1) is 0 Å². The predicted molar refractivity (Wildman–Crippen MR) is 68.4 cm³/mol. The third-order valence-corrected chi connectivity index (χ3v) is 2.86. The van der Waals surface area contributed by atoms with Crippen molar-refractivity contribution in [1.82, 2.24) is 0 Å². The van der Waals surface area contributed by atoms with Crippen molar-refractivity contribution >= 4 is 21.7 Å². The zero-order chi connectivity index (χ0) is 12.2. The van der Waals surface area contributed by atoms with Crippen LogP contribution in [0.5, 0.6) is 0 Å². The zero-order valence-corrected chi connectivity index (χ0v) is 11.5. The van der Waals surface area contributed by atoms with Crippen molar-refractivity contribution in [3.63, 3.8) is 0 Å². The van der Waals surface area contributed by atoms with Crippen LogP contribution in [0.1, 0.15) is 26.3 Å². The number of hydrogen-bond acceptors (Lipinski definition) is 2. The van der Waals surface area contributed by atoms with E-state index in [1.54, 1.807) is 0 Å². The molecule has 16 heavy (non-hydrogen) atoms. The number of hydrogen-bond donors (Lipinski definition) is 0. The van der Waals surface area contributed by atoms with Gasteiger partial charge in [0.05, 0.1) is 6.61 Å². The highest BCUT2D eigenvalue weighted by atomic mass is 79.9. The van der Waals surface area contributed by atoms with Crippen molar-refractivity contribution in [3.05, 3.63) is 35.9 Å². The number of alkyl halides is 1. The lowest BCUT2D eigenvalue weighted by Crippen LogP contribution is -2.30. The van der Waals surface area contributed by atoms with E-state index in [2.05, 4.69) is 15.9 Å². The molecule has 3 heteroatoms. The Morgan fingerprint density at radius 1 is 1.31 bits per heavy atom. The molecule has 0 fully saturated rings. The van der Waals surface area contributed by atoms with Crippen LogP contribution in [0.25, 0.3) is 0 Å². The maximum atomic E-state index is 11.8. The molecule has 0 N–H and O–H groups in total. The van der Waals surface area contributed by atoms with Crippen LogP contribution < -0.4 is 0 Å². The smallest absolute Gasteiger partial charge is 0.177 e. The maximum Gasteiger partial charge on any atom is 0.177 e. The second-order valence-corrected chi connectivity index (χ2v) is 5.56. The van der Waals surface area contributed by atoms with E-state index in [0.717, 1.165) is 5.56 Å². The van der Waals surface area contributed by atoms with Crippen LogP contribution in [0.15, 0.2) is 30.3 Å². The largest absolute Gasteiger partial charge is 0.354 e. The van der Waals surface area contributed by atoms with Crippen molar-refractivity contribution in [2.24, 2.45) is 5.41 Å². The SMILES string of the molecule is CC(C)(C)C(=O)C(Br)OCc1ccccc1. The molecule has 0 aromatic heterocycles. The molecule has 0 heterocycles. The van der Waals surface area contributed by atoms with E-state index in [0.29, 0.717) is 6.61 Å². The Hall–Kier alpha value is -0.670. The number of carbonyl (C=O) groups excluding carboxylic acids is 1. The number of halogens is 1. The molecule has 1 aromatic rings. The first-order chi connectivity index (χ1) is 7.41. The van der Waals surface area contributed by atoms with Crippen molar-refractivity contribution in [1.29, 1.82) is 0 Å². The molecular formula is C13H17BrO2. The summed E-state index contributed by atoms with van der Waals surface area (Å²) in [6.07, 6.45) is 0. The summed E-state index contributed by atoms with van der Waals surface area (Å²) in [6.45, 7) is 6.10. The number of benzene rings is 1. The summed E-state index contributed by atoms with van der Waals surface area (Å²) in [4.78, 5) is 11.8. The first-order valence-electron chi connectivity index (χ1n) is 5.25. The molecule has 1 rings (SSSR count). The highest BCUT2D eigenvalue weighted by Gasteiger charge is 2.28. The summed E-state index contributed by atoms with van der Waals surface area (Å²) in [5.41, 5.74) is 0.680. The van der Waals surface area contributed by atoms with E-state index in [4.69, 9.17) is 4.74 Å². The maximum absolute atomic E-state index is 11.8. The Bertz CT molecular complexity index is 341.